The van der Waals surface area contributed by atoms with Gasteiger partial charge in [-0.3, -0.25) is 0 Å². The Hall–Kier alpha value is -0.436. The quantitative estimate of drug-likeness (QED) is 0.310. The van der Waals surface area contributed by atoms with Crippen LogP contribution >= 0.6 is 28.7 Å². The van der Waals surface area contributed by atoms with E-state index in [9.17, 15) is 0 Å². The van der Waals surface area contributed by atoms with Gasteiger partial charge in [0.25, 0.3) is 0 Å². The normalized spacial score (nSPS) is 8.29. The topological polar surface area (TPSA) is 0 Å². The summed E-state index contributed by atoms with van der Waals surface area (Å²) in [6.07, 6.45) is 0. The third-order valence-electron chi connectivity index (χ3n) is 2.24. The van der Waals surface area contributed by atoms with Crippen LogP contribution in [-0.4, -0.2) is 0 Å². The predicted molar refractivity (Wildman–Crippen MR) is 98.6 cm³/mol. The molecule has 4 heteroatoms. The summed E-state index contributed by atoms with van der Waals surface area (Å²) < 4.78 is 0. The molecule has 0 bridgehead atoms. The molecule has 0 aliphatic heterocycles. The average molecular weight is 379 g/mol. The van der Waals surface area contributed by atoms with Gasteiger partial charge in [-0.1, -0.05) is 6.92 Å². The molecule has 0 aliphatic rings. The molecule has 21 heavy (non-hydrogen) atoms. The number of hydrogen-bond donors (Lipinski definition) is 0. The first kappa shape index (κ1) is 20.6. The Kier molecular flexibility index (Phi) is 14.2. The number of hydrogen-bond acceptors (Lipinski definition) is 0. The maximum atomic E-state index is 4.26. The fourth-order valence-corrected chi connectivity index (χ4v) is 1.71. The van der Waals surface area contributed by atoms with Crippen molar-refractivity contribution < 1.29 is 14.6 Å². The first-order valence-electron chi connectivity index (χ1n) is 6.18. The second-order valence-corrected chi connectivity index (χ2v) is 5.32. The van der Waals surface area contributed by atoms with E-state index in [1.54, 1.807) is 0 Å². The molecule has 2 unspecified atom stereocenters. The van der Waals surface area contributed by atoms with Gasteiger partial charge in [-0.25, -0.2) is 24.3 Å². The van der Waals surface area contributed by atoms with E-state index in [4.69, 9.17) is 0 Å². The summed E-state index contributed by atoms with van der Waals surface area (Å²) in [6, 6.07) is 27.2. The van der Waals surface area contributed by atoms with Crippen molar-refractivity contribution in [2.75, 3.05) is 0 Å². The molecule has 3 aromatic carbocycles. The van der Waals surface area contributed by atoms with Crippen LogP contribution in [0.15, 0.2) is 72.8 Å². The van der Waals surface area contributed by atoms with Gasteiger partial charge in [-0.05, 0) is 0 Å². The molecule has 0 fully saturated rings. The van der Waals surface area contributed by atoms with Crippen molar-refractivity contribution >= 4 is 39.3 Å². The summed E-state index contributed by atoms with van der Waals surface area (Å²) in [6.45, 7) is 2.03. The molecular formula is C17H19ClNiP2-3. The zero-order chi connectivity index (χ0) is 15.9. The van der Waals surface area contributed by atoms with Crippen LogP contribution in [0.1, 0.15) is 5.56 Å². The standard InChI is InChI=1S/C7H7.2C5H6P.ClH.Ni/c1-7-5-3-2-4-6-7;2*6-5-3-1-2-4-5;;/h2-5H,1H3;2*1-4H,6H2;1H;/q3*-1;;+1/p-1. The Labute approximate surface area is 145 Å². The van der Waals surface area contributed by atoms with Gasteiger partial charge >= 0.3 is 24.8 Å². The van der Waals surface area contributed by atoms with Crippen LogP contribution in [0.25, 0.3) is 0 Å². The Morgan fingerprint density at radius 1 is 0.905 bits per heavy atom. The van der Waals surface area contributed by atoms with Crippen LogP contribution < -0.4 is 10.6 Å². The molecular weight excluding hydrogens is 360 g/mol. The molecule has 0 aliphatic carbocycles. The van der Waals surface area contributed by atoms with Crippen LogP contribution in [-0.2, 0) is 14.6 Å². The summed E-state index contributed by atoms with van der Waals surface area (Å²) >= 11 is 3.35. The minimum atomic E-state index is 1.20. The summed E-state index contributed by atoms with van der Waals surface area (Å²) in [4.78, 5) is 0. The Balaban J connectivity index is 0.000000271. The summed E-state index contributed by atoms with van der Waals surface area (Å²) in [5.74, 6) is 0. The van der Waals surface area contributed by atoms with Crippen molar-refractivity contribution in [1.82, 2.24) is 0 Å². The number of benzene rings is 1. The average Bonchev–Trinajstić information content (AvgIpc) is 3.17. The number of rotatable bonds is 0. The van der Waals surface area contributed by atoms with Crippen molar-refractivity contribution in [3.63, 3.8) is 0 Å². The van der Waals surface area contributed by atoms with Gasteiger partial charge in [0.05, 0.1) is 0 Å². The van der Waals surface area contributed by atoms with Gasteiger partial charge in [0.1, 0.15) is 0 Å². The van der Waals surface area contributed by atoms with Crippen LogP contribution in [0.5, 0.6) is 0 Å². The van der Waals surface area contributed by atoms with E-state index in [0.717, 1.165) is 0 Å². The van der Waals surface area contributed by atoms with Gasteiger partial charge in [0.15, 0.2) is 0 Å². The van der Waals surface area contributed by atoms with E-state index in [0.29, 0.717) is 0 Å². The van der Waals surface area contributed by atoms with Gasteiger partial charge in [0, 0.05) is 0 Å². The molecule has 0 heterocycles. The van der Waals surface area contributed by atoms with Crippen molar-refractivity contribution in [3.8, 4) is 0 Å². The van der Waals surface area contributed by atoms with E-state index in [-0.39, 0.29) is 0 Å². The molecule has 0 spiro atoms. The molecule has 0 saturated heterocycles. The van der Waals surface area contributed by atoms with Gasteiger partial charge in [0.2, 0.25) is 0 Å². The molecule has 0 saturated carbocycles. The molecule has 2 atom stereocenters. The predicted octanol–water partition coefficient (Wildman–Crippen LogP) is 4.29. The summed E-state index contributed by atoms with van der Waals surface area (Å²) in [5, 5.41) is 2.52. The zero-order valence-corrected chi connectivity index (χ0v) is 15.8. The van der Waals surface area contributed by atoms with Crippen LogP contribution in [0.2, 0.25) is 0 Å². The zero-order valence-electron chi connectivity index (χ0n) is 11.8. The van der Waals surface area contributed by atoms with E-state index >= 15 is 0 Å². The van der Waals surface area contributed by atoms with Gasteiger partial charge < -0.3 is 0 Å². The van der Waals surface area contributed by atoms with E-state index < -0.39 is 0 Å². The van der Waals surface area contributed by atoms with Crippen LogP contribution in [0.4, 0.5) is 0 Å². The minimum absolute atomic E-state index is 1.20. The van der Waals surface area contributed by atoms with E-state index in [2.05, 4.69) is 49.3 Å². The van der Waals surface area contributed by atoms with E-state index in [1.807, 2.05) is 79.7 Å². The molecule has 117 valence electrons. The first-order chi connectivity index (χ1) is 10.2. The van der Waals surface area contributed by atoms with Gasteiger partial charge in [-0.15, -0.1) is 29.1 Å². The summed E-state index contributed by atoms with van der Waals surface area (Å²) in [7, 11) is 9.50. The third kappa shape index (κ3) is 13.0. The molecule has 0 nitrogen and oxygen atoms in total. The molecule has 3 rings (SSSR count). The molecule has 3 aromatic rings. The Morgan fingerprint density at radius 3 is 1.57 bits per heavy atom. The molecule has 0 radical (unpaired) electrons. The van der Waals surface area contributed by atoms with E-state index in [1.165, 1.54) is 16.2 Å². The van der Waals surface area contributed by atoms with Gasteiger partial charge in [-0.2, -0.15) is 60.2 Å². The first-order valence-corrected chi connectivity index (χ1v) is 8.69. The van der Waals surface area contributed by atoms with Crippen molar-refractivity contribution in [2.45, 2.75) is 6.92 Å². The fraction of sp³-hybridized carbons (Fsp3) is 0.0588. The molecule has 0 aromatic heterocycles. The second-order valence-electron chi connectivity index (χ2n) is 3.98. The Bertz CT molecular complexity index is 487. The van der Waals surface area contributed by atoms with Crippen molar-refractivity contribution in [1.29, 1.82) is 0 Å². The SMILES string of the molecule is Cc1[c-]cccc1.Pc1ccc[cH-]1.Pc1ccc[cH-]1.[Cl][Ni]. The van der Waals surface area contributed by atoms with Crippen molar-refractivity contribution in [3.05, 3.63) is 84.4 Å². The number of halogens is 1. The Morgan fingerprint density at radius 2 is 1.43 bits per heavy atom. The van der Waals surface area contributed by atoms with Crippen LogP contribution in [0.3, 0.4) is 0 Å². The van der Waals surface area contributed by atoms with Crippen LogP contribution in [0, 0.1) is 13.0 Å². The number of aryl methyl sites for hydroxylation is 1. The maximum absolute atomic E-state index is 4.26. The molecule has 0 N–H and O–H groups in total. The van der Waals surface area contributed by atoms with Crippen molar-refractivity contribution in [2.24, 2.45) is 0 Å². The molecule has 0 amide bonds. The summed E-state index contributed by atoms with van der Waals surface area (Å²) in [5.41, 5.74) is 1.20. The third-order valence-corrected chi connectivity index (χ3v) is 3.01. The fourth-order valence-electron chi connectivity index (χ4n) is 1.26. The monoisotopic (exact) mass is 378 g/mol. The second kappa shape index (κ2) is 14.5.